The van der Waals surface area contributed by atoms with Crippen molar-refractivity contribution in [2.75, 3.05) is 33.2 Å². The molecular weight excluding hydrogens is 1050 g/mol. The van der Waals surface area contributed by atoms with E-state index in [1.807, 2.05) is 18.0 Å². The van der Waals surface area contributed by atoms with Crippen molar-refractivity contribution in [2.45, 2.75) is 146 Å². The first-order valence-corrected chi connectivity index (χ1v) is 29.3. The van der Waals surface area contributed by atoms with E-state index in [1.54, 1.807) is 17.0 Å². The average molecular weight is 1120 g/mol. The Labute approximate surface area is 462 Å². The maximum absolute atomic E-state index is 14.6. The summed E-state index contributed by atoms with van der Waals surface area (Å²) in [5.74, 6) is 2.17. The minimum atomic E-state index is -5.07. The van der Waals surface area contributed by atoms with Crippen LogP contribution in [0.2, 0.25) is 0 Å². The summed E-state index contributed by atoms with van der Waals surface area (Å²) in [6.07, 6.45) is 8.28. The van der Waals surface area contributed by atoms with Gasteiger partial charge in [0.2, 0.25) is 41.4 Å². The van der Waals surface area contributed by atoms with E-state index in [9.17, 15) is 62.3 Å². The average Bonchev–Trinajstić information content (AvgIpc) is 4.26. The van der Waals surface area contributed by atoms with Gasteiger partial charge in [-0.1, -0.05) is 37.2 Å². The summed E-state index contributed by atoms with van der Waals surface area (Å²) in [6.45, 7) is 1.80. The third kappa shape index (κ3) is 13.0. The number of likely N-dealkylation sites (tertiary alicyclic amines) is 1. The maximum atomic E-state index is 14.6. The lowest BCUT2D eigenvalue weighted by atomic mass is 9.82. The predicted molar refractivity (Wildman–Crippen MR) is 288 cm³/mol. The fourth-order valence-corrected chi connectivity index (χ4v) is 12.9. The molecule has 3 aromatic rings. The smallest absolute Gasteiger partial charge is 0.370 e. The molecule has 4 saturated heterocycles. The van der Waals surface area contributed by atoms with Crippen molar-refractivity contribution in [3.05, 3.63) is 70.4 Å². The number of hydrogen-bond acceptors (Lipinski definition) is 12. The Bertz CT molecular complexity index is 3090. The minimum absolute atomic E-state index is 0.0129. The molecule has 0 spiro atoms. The number of piperidine rings is 2. The summed E-state index contributed by atoms with van der Waals surface area (Å²) in [5, 5.41) is 11.3. The standard InChI is InChI=1S/C56H69N10O13P/c1-63-25-24-37-15-18-45(66(37)54(74)43(31-63)60-50(70)42-29-36-28-35(14-16-40(36)58-42)56(76)80(77,78)79)52(72)59-41(17-20-46(57)67)49(69)62-48(34-10-3-2-4-11-34)55(75)64-26-22-32(23-27-64)8-5-6-9-33-12-7-13-38-39(33)30-65(53(38)73)44-19-21-47(68)61-51(44)71/h7,12-14,16,28-29,32,34,37,41,43-45,48,58H,2-5,8,10-11,15,17-27,30-31H2,1H3,(H2,57,67)(H,59,72)(H,60,70)(H,62,69)(H,61,68,71)(H2,77,78,79)/t37-,41+,43+,44?,45+,48+/m1/s1. The Hall–Kier alpha value is -7.25. The van der Waals surface area contributed by atoms with E-state index in [2.05, 4.69) is 38.1 Å². The normalized spacial score (nSPS) is 23.0. The number of hydrogen-bond donors (Lipinski definition) is 8. The minimum Gasteiger partial charge on any atom is -0.370 e. The topological polar surface area (TPSA) is 331 Å². The maximum Gasteiger partial charge on any atom is 0.396 e. The molecule has 0 radical (unpaired) electrons. The van der Waals surface area contributed by atoms with Crippen molar-refractivity contribution < 1.29 is 62.3 Å². The van der Waals surface area contributed by atoms with Gasteiger partial charge >= 0.3 is 7.60 Å². The number of imide groups is 1. The lowest BCUT2D eigenvalue weighted by molar-refractivity contribution is -0.144. The Morgan fingerprint density at radius 1 is 0.887 bits per heavy atom. The van der Waals surface area contributed by atoms with Crippen LogP contribution in [0.4, 0.5) is 0 Å². The fraction of sp³-hybridized carbons (Fsp3) is 0.536. The van der Waals surface area contributed by atoms with Gasteiger partial charge in [0.05, 0.1) is 0 Å². The van der Waals surface area contributed by atoms with Gasteiger partial charge in [-0.25, -0.2) is 0 Å². The molecule has 5 fully saturated rings. The van der Waals surface area contributed by atoms with E-state index in [4.69, 9.17) is 5.73 Å². The Balaban J connectivity index is 0.823. The number of nitrogens with two attached hydrogens (primary N) is 1. The molecule has 1 aromatic heterocycles. The van der Waals surface area contributed by atoms with Crippen molar-refractivity contribution in [2.24, 2.45) is 17.6 Å². The van der Waals surface area contributed by atoms with Crippen molar-refractivity contribution in [1.82, 2.24) is 45.9 Å². The molecule has 9 amide bonds. The van der Waals surface area contributed by atoms with Gasteiger partial charge in [-0.15, -0.1) is 0 Å². The van der Waals surface area contributed by atoms with E-state index >= 15 is 0 Å². The van der Waals surface area contributed by atoms with Gasteiger partial charge in [-0.05, 0) is 132 Å². The van der Waals surface area contributed by atoms with Gasteiger partial charge in [0.15, 0.2) is 0 Å². The van der Waals surface area contributed by atoms with Gasteiger partial charge in [-0.3, -0.25) is 57.8 Å². The number of carbonyl (C=O) groups excluding carboxylic acids is 10. The molecule has 2 aromatic carbocycles. The lowest BCUT2D eigenvalue weighted by Crippen LogP contribution is -2.62. The summed E-state index contributed by atoms with van der Waals surface area (Å²) in [5.41, 5.74) is 6.35. The van der Waals surface area contributed by atoms with Crippen LogP contribution in [-0.4, -0.2) is 163 Å². The third-order valence-corrected chi connectivity index (χ3v) is 17.6. The number of H-pyrrole nitrogens is 1. The number of nitrogens with one attached hydrogen (secondary N) is 5. The first kappa shape index (κ1) is 57.4. The molecule has 80 heavy (non-hydrogen) atoms. The number of amides is 9. The lowest BCUT2D eigenvalue weighted by Gasteiger charge is -2.38. The zero-order valence-corrected chi connectivity index (χ0v) is 45.6. The zero-order chi connectivity index (χ0) is 57.0. The highest BCUT2D eigenvalue weighted by Crippen LogP contribution is 2.40. The third-order valence-electron chi connectivity index (χ3n) is 16.8. The van der Waals surface area contributed by atoms with Crippen LogP contribution in [0.15, 0.2) is 42.5 Å². The first-order valence-electron chi connectivity index (χ1n) is 27.7. The van der Waals surface area contributed by atoms with Crippen LogP contribution >= 0.6 is 7.60 Å². The summed E-state index contributed by atoms with van der Waals surface area (Å²) in [7, 11) is -3.26. The van der Waals surface area contributed by atoms with Crippen LogP contribution in [0.1, 0.15) is 145 Å². The molecule has 24 heteroatoms. The van der Waals surface area contributed by atoms with Crippen molar-refractivity contribution in [3.63, 3.8) is 0 Å². The van der Waals surface area contributed by atoms with Gasteiger partial charge in [0, 0.05) is 79.1 Å². The highest BCUT2D eigenvalue weighted by atomic mass is 31.2. The highest BCUT2D eigenvalue weighted by molar-refractivity contribution is 7.70. The Kier molecular flexibility index (Phi) is 17.7. The van der Waals surface area contributed by atoms with Crippen LogP contribution < -0.4 is 27.0 Å². The number of aromatic nitrogens is 1. The number of fused-ring (bicyclic) bond motifs is 3. The molecule has 6 atom stereocenters. The largest absolute Gasteiger partial charge is 0.396 e. The van der Waals surface area contributed by atoms with E-state index in [1.165, 1.54) is 34.1 Å². The second-order valence-electron chi connectivity index (χ2n) is 22.2. The van der Waals surface area contributed by atoms with E-state index in [-0.39, 0.29) is 92.1 Å². The summed E-state index contributed by atoms with van der Waals surface area (Å²) >= 11 is 0. The van der Waals surface area contributed by atoms with Gasteiger partial charge < -0.3 is 56.1 Å². The number of carbonyl (C=O) groups is 10. The van der Waals surface area contributed by atoms with E-state index in [0.717, 1.165) is 44.1 Å². The number of benzene rings is 2. The van der Waals surface area contributed by atoms with Gasteiger partial charge in [-0.2, -0.15) is 0 Å². The van der Waals surface area contributed by atoms with Crippen molar-refractivity contribution in [1.29, 1.82) is 0 Å². The van der Waals surface area contributed by atoms with Crippen LogP contribution in [0.3, 0.4) is 0 Å². The van der Waals surface area contributed by atoms with Gasteiger partial charge in [0.25, 0.3) is 17.3 Å². The Morgan fingerprint density at radius 2 is 1.65 bits per heavy atom. The SMILES string of the molecule is CN1CC[C@H]2CC[C@@H](C(=O)N[C@@H](CCC(N)=O)C(=O)N[C@H](C(=O)N3CCC(CCC#Cc4cccc5c4CN(C4CCC(=O)NC4=O)C5=O)CC3)C3CCCCC3)N2C(=O)[C@@H](NC(=O)c2cc3cc(C(=O)P(=O)(O)O)ccc3[nH]2)C1. The molecule has 6 aliphatic rings. The molecule has 6 heterocycles. The second kappa shape index (κ2) is 24.6. The quantitative estimate of drug-likeness (QED) is 0.0578. The second-order valence-corrected chi connectivity index (χ2v) is 23.7. The molecule has 1 saturated carbocycles. The molecule has 5 aliphatic heterocycles. The first-order chi connectivity index (χ1) is 38.2. The fourth-order valence-electron chi connectivity index (χ4n) is 12.4. The number of aromatic amines is 1. The monoisotopic (exact) mass is 1120 g/mol. The molecule has 1 unspecified atom stereocenters. The highest BCUT2D eigenvalue weighted by Gasteiger charge is 2.46. The number of nitrogens with zero attached hydrogens (tertiary/aromatic N) is 4. The van der Waals surface area contributed by atoms with Gasteiger partial charge in [0.1, 0.15) is 35.9 Å². The molecular formula is C56H69N10O13P. The number of likely N-dealkylation sites (N-methyl/N-ethyl adjacent to an activating group) is 1. The molecule has 0 bridgehead atoms. The van der Waals surface area contributed by atoms with Crippen LogP contribution in [0.5, 0.6) is 0 Å². The van der Waals surface area contributed by atoms with E-state index < -0.39 is 78.8 Å². The van der Waals surface area contributed by atoms with Crippen LogP contribution in [-0.2, 0) is 44.7 Å². The number of rotatable bonds is 16. The summed E-state index contributed by atoms with van der Waals surface area (Å²) < 4.78 is 11.6. The zero-order valence-electron chi connectivity index (χ0n) is 44.7. The van der Waals surface area contributed by atoms with Crippen LogP contribution in [0, 0.1) is 23.7 Å². The molecule has 9 rings (SSSR count). The molecule has 1 aliphatic carbocycles. The summed E-state index contributed by atoms with van der Waals surface area (Å²) in [4.78, 5) is 162. The van der Waals surface area contributed by atoms with Crippen molar-refractivity contribution >= 4 is 77.2 Å². The molecule has 23 nitrogen and oxygen atoms in total. The molecule has 9 N–H and O–H groups in total. The number of primary amides is 1. The Morgan fingerprint density at radius 3 is 2.38 bits per heavy atom. The summed E-state index contributed by atoms with van der Waals surface area (Å²) in [6, 6.07) is 5.20. The molecule has 426 valence electrons. The van der Waals surface area contributed by atoms with Crippen LogP contribution in [0.25, 0.3) is 10.9 Å². The predicted octanol–water partition coefficient (Wildman–Crippen LogP) is 1.93. The van der Waals surface area contributed by atoms with Crippen molar-refractivity contribution in [3.8, 4) is 11.8 Å². The van der Waals surface area contributed by atoms with E-state index in [0.29, 0.717) is 73.8 Å².